The average Bonchev–Trinajstić information content (AvgIpc) is 1.61. The van der Waals surface area contributed by atoms with Crippen LogP contribution in [0.5, 0.6) is 0 Å². The summed E-state index contributed by atoms with van der Waals surface area (Å²) in [5.74, 6) is 0. The molecular weight excluding hydrogens is 1770 g/mol. The van der Waals surface area contributed by atoms with Crippen LogP contribution in [0, 0.1) is 0 Å². The summed E-state index contributed by atoms with van der Waals surface area (Å²) in [4.78, 5) is 0. The molecule has 3 aliphatic rings. The maximum atomic E-state index is 2.52. The summed E-state index contributed by atoms with van der Waals surface area (Å²) in [6.45, 7) is 14.3. The lowest BCUT2D eigenvalue weighted by molar-refractivity contribution is 0.661. The van der Waals surface area contributed by atoms with E-state index < -0.39 is 0 Å². The molecule has 0 radical (unpaired) electrons. The molecule has 0 fully saturated rings. The van der Waals surface area contributed by atoms with E-state index in [4.69, 9.17) is 0 Å². The van der Waals surface area contributed by atoms with E-state index in [1.165, 1.54) is 296 Å². The molecule has 0 heterocycles. The van der Waals surface area contributed by atoms with E-state index in [1.807, 2.05) is 0 Å². The number of fused-ring (bicyclic) bond motifs is 24. The molecule has 690 valence electrons. The van der Waals surface area contributed by atoms with Crippen molar-refractivity contribution in [3.8, 4) is 134 Å². The Hall–Kier alpha value is -17.9. The molecule has 3 aliphatic carbocycles. The van der Waals surface area contributed by atoms with Crippen LogP contribution in [-0.4, -0.2) is 0 Å². The Morgan fingerprint density at radius 2 is 0.327 bits per heavy atom. The van der Waals surface area contributed by atoms with Crippen LogP contribution in [0.3, 0.4) is 0 Å². The first-order chi connectivity index (χ1) is 72.3. The fourth-order valence-corrected chi connectivity index (χ4v) is 26.3. The van der Waals surface area contributed by atoms with Gasteiger partial charge in [0.05, 0.1) is 0 Å². The zero-order valence-corrected chi connectivity index (χ0v) is 83.0. The van der Waals surface area contributed by atoms with Crippen molar-refractivity contribution < 1.29 is 0 Å². The fraction of sp³-hybridized carbons (Fsp3) is 0.0612. The first-order valence-corrected chi connectivity index (χ1v) is 51.8. The Kier molecular flexibility index (Phi) is 20.2. The average molecular weight is 1870 g/mol. The van der Waals surface area contributed by atoms with Gasteiger partial charge in [0.2, 0.25) is 0 Å². The number of hydrogen-bond acceptors (Lipinski definition) is 0. The second-order valence-electron chi connectivity index (χ2n) is 42.0. The van der Waals surface area contributed by atoms with Crippen LogP contribution in [0.25, 0.3) is 263 Å². The topological polar surface area (TPSA) is 0 Å². The Balaban J connectivity index is 0.000000107. The van der Waals surface area contributed by atoms with Gasteiger partial charge in [-0.15, -0.1) is 0 Å². The van der Waals surface area contributed by atoms with Gasteiger partial charge in [-0.25, -0.2) is 0 Å². The summed E-state index contributed by atoms with van der Waals surface area (Å²) in [6.07, 6.45) is 0. The molecule has 0 amide bonds. The largest absolute Gasteiger partial charge is 0.0619 e. The molecule has 0 bridgehead atoms. The van der Waals surface area contributed by atoms with Gasteiger partial charge < -0.3 is 0 Å². The third-order valence-electron chi connectivity index (χ3n) is 33.1. The molecule has 0 atom stereocenters. The molecular formula is C147H102. The Morgan fingerprint density at radius 1 is 0.102 bits per heavy atom. The van der Waals surface area contributed by atoms with Crippen molar-refractivity contribution in [1.29, 1.82) is 0 Å². The van der Waals surface area contributed by atoms with Gasteiger partial charge in [0.1, 0.15) is 0 Å². The molecule has 0 aromatic heterocycles. The molecule has 0 unspecified atom stereocenters. The first-order valence-electron chi connectivity index (χ1n) is 51.8. The second kappa shape index (κ2) is 34.1. The third-order valence-corrected chi connectivity index (χ3v) is 33.1. The number of hydrogen-bond donors (Lipinski definition) is 0. The molecule has 0 saturated carbocycles. The van der Waals surface area contributed by atoms with Crippen molar-refractivity contribution >= 4 is 129 Å². The van der Waals surface area contributed by atoms with Crippen molar-refractivity contribution in [3.05, 3.63) is 543 Å². The molecule has 27 aromatic rings. The Morgan fingerprint density at radius 3 is 0.694 bits per heavy atom. The molecule has 0 aliphatic heterocycles. The molecule has 27 aromatic carbocycles. The molecule has 0 saturated heterocycles. The minimum atomic E-state index is -0.104. The lowest BCUT2D eigenvalue weighted by Crippen LogP contribution is -2.15. The summed E-state index contributed by atoms with van der Waals surface area (Å²) in [6, 6.07) is 189. The van der Waals surface area contributed by atoms with Crippen LogP contribution in [0.2, 0.25) is 0 Å². The van der Waals surface area contributed by atoms with E-state index in [0.29, 0.717) is 0 Å². The Labute approximate surface area is 857 Å². The van der Waals surface area contributed by atoms with Gasteiger partial charge in [-0.05, 0) is 333 Å². The van der Waals surface area contributed by atoms with Crippen LogP contribution in [0.1, 0.15) is 74.9 Å². The van der Waals surface area contributed by atoms with E-state index in [2.05, 4.69) is 551 Å². The number of rotatable bonds is 9. The van der Waals surface area contributed by atoms with Gasteiger partial charge in [-0.3, -0.25) is 0 Å². The highest BCUT2D eigenvalue weighted by Crippen LogP contribution is 2.61. The molecule has 0 spiro atoms. The van der Waals surface area contributed by atoms with E-state index in [0.717, 1.165) is 0 Å². The fourth-order valence-electron chi connectivity index (χ4n) is 26.3. The predicted molar refractivity (Wildman–Crippen MR) is 631 cm³/mol. The summed E-state index contributed by atoms with van der Waals surface area (Å²) in [7, 11) is 0. The van der Waals surface area contributed by atoms with E-state index in [1.54, 1.807) is 0 Å². The van der Waals surface area contributed by atoms with Gasteiger partial charge in [-0.1, -0.05) is 515 Å². The molecule has 30 rings (SSSR count). The quantitative estimate of drug-likeness (QED) is 0.126. The van der Waals surface area contributed by atoms with Crippen molar-refractivity contribution in [2.45, 2.75) is 57.8 Å². The van der Waals surface area contributed by atoms with Crippen molar-refractivity contribution in [3.63, 3.8) is 0 Å². The summed E-state index contributed by atoms with van der Waals surface area (Å²) >= 11 is 0. The summed E-state index contributed by atoms with van der Waals surface area (Å²) < 4.78 is 0. The van der Waals surface area contributed by atoms with Crippen LogP contribution < -0.4 is 0 Å². The standard InChI is InChI=1S/3C49H34/c1-49(2)44-29-14-13-27-42(44)48-37-22-8-6-20-35(37)43(30-45(48)49)47-40-25-11-9-23-38(40)46(39-24-10-12-26-41(39)47)36-21-7-5-19-34(36)33-28-15-17-31-16-3-4-18-32(31)33;1-49(2)44-26-14-13-25-42(44)48-37-20-8-6-18-35(37)43(30-45(48)49)47-40-23-11-9-21-38(40)46(39-22-10-12-24-41(39)47)36-19-7-5-17-34(36)33-28-27-31-15-3-4-16-32(31)29-33;1-49(2)44-25-12-11-24-42(44)48-37-19-6-5-18-36(37)43(30-45(48)49)47-40-22-9-7-20-38(40)46(39-21-8-10-23-41(39)47)35-17-13-16-33(29-35)34-27-26-31-14-3-4-15-32(31)28-34/h3*3-30H,1-2H3. The van der Waals surface area contributed by atoms with E-state index >= 15 is 0 Å². The van der Waals surface area contributed by atoms with Gasteiger partial charge in [0.15, 0.2) is 0 Å². The van der Waals surface area contributed by atoms with Gasteiger partial charge >= 0.3 is 0 Å². The first kappa shape index (κ1) is 86.9. The lowest BCUT2D eigenvalue weighted by atomic mass is 9.78. The summed E-state index contributed by atoms with van der Waals surface area (Å²) in [5, 5.41) is 30.8. The maximum Gasteiger partial charge on any atom is 0.0159 e. The van der Waals surface area contributed by atoms with Crippen LogP contribution >= 0.6 is 0 Å². The zero-order chi connectivity index (χ0) is 98.1. The van der Waals surface area contributed by atoms with Gasteiger partial charge in [0.25, 0.3) is 0 Å². The van der Waals surface area contributed by atoms with E-state index in [-0.39, 0.29) is 16.2 Å². The van der Waals surface area contributed by atoms with Gasteiger partial charge in [-0.2, -0.15) is 0 Å². The second-order valence-corrected chi connectivity index (χ2v) is 42.0. The molecule has 147 heavy (non-hydrogen) atoms. The summed E-state index contributed by atoms with van der Waals surface area (Å²) in [5.41, 5.74) is 39.3. The van der Waals surface area contributed by atoms with Crippen molar-refractivity contribution in [2.75, 3.05) is 0 Å². The Bertz CT molecular complexity index is 10000. The SMILES string of the molecule is CC1(C)c2ccccc2-c2c1cc(-c1c3ccccc3c(-c3cccc(-c4ccc5ccccc5c4)c3)c3ccccc13)c1ccccc21.CC1(C)c2ccccc2-c2c1cc(-c1c3ccccc3c(-c3ccccc3-c3ccc4ccccc4c3)c3ccccc13)c1ccccc21.CC1(C)c2ccccc2-c2c1cc(-c1c3ccccc3c(-c3ccccc3-c3cccc4ccccc34)c3ccccc13)c1ccccc21. The monoisotopic (exact) mass is 1870 g/mol. The van der Waals surface area contributed by atoms with Crippen molar-refractivity contribution in [2.24, 2.45) is 0 Å². The zero-order valence-electron chi connectivity index (χ0n) is 83.0. The van der Waals surface area contributed by atoms with E-state index in [9.17, 15) is 0 Å². The smallest absolute Gasteiger partial charge is 0.0159 e. The highest BCUT2D eigenvalue weighted by molar-refractivity contribution is 6.30. The normalized spacial score (nSPS) is 13.3. The minimum absolute atomic E-state index is 0.0978. The third kappa shape index (κ3) is 13.6. The maximum absolute atomic E-state index is 2.52. The minimum Gasteiger partial charge on any atom is -0.0619 e. The molecule has 0 heteroatoms. The lowest BCUT2D eigenvalue weighted by Gasteiger charge is -2.24. The van der Waals surface area contributed by atoms with Crippen LogP contribution in [-0.2, 0) is 16.2 Å². The predicted octanol–water partition coefficient (Wildman–Crippen LogP) is 40.8. The van der Waals surface area contributed by atoms with Crippen LogP contribution in [0.15, 0.2) is 510 Å². The molecule has 0 N–H and O–H groups in total. The van der Waals surface area contributed by atoms with Crippen molar-refractivity contribution in [1.82, 2.24) is 0 Å². The highest BCUT2D eigenvalue weighted by Gasteiger charge is 2.42. The number of benzene rings is 27. The van der Waals surface area contributed by atoms with Gasteiger partial charge in [0, 0.05) is 16.2 Å². The highest BCUT2D eigenvalue weighted by atomic mass is 14.4. The molecule has 0 nitrogen and oxygen atoms in total. The van der Waals surface area contributed by atoms with Crippen LogP contribution in [0.4, 0.5) is 0 Å².